The van der Waals surface area contributed by atoms with E-state index in [-0.39, 0.29) is 17.8 Å². The lowest BCUT2D eigenvalue weighted by atomic mass is 9.61. The average Bonchev–Trinajstić information content (AvgIpc) is 2.86. The van der Waals surface area contributed by atoms with Crippen molar-refractivity contribution < 1.29 is 9.53 Å². The minimum atomic E-state index is -0.486. The third kappa shape index (κ3) is 3.73. The lowest BCUT2D eigenvalue weighted by Gasteiger charge is -2.42. The molecule has 3 N–H and O–H groups in total. The Morgan fingerprint density at radius 2 is 1.96 bits per heavy atom. The van der Waals surface area contributed by atoms with Gasteiger partial charge in [-0.15, -0.1) is 0 Å². The maximum atomic E-state index is 12.1. The van der Waals surface area contributed by atoms with Crippen LogP contribution in [-0.4, -0.2) is 21.8 Å². The van der Waals surface area contributed by atoms with Crippen LogP contribution in [0.1, 0.15) is 63.3 Å². The van der Waals surface area contributed by atoms with Crippen LogP contribution in [0.25, 0.3) is 0 Å². The quantitative estimate of drug-likeness (QED) is 0.759. The summed E-state index contributed by atoms with van der Waals surface area (Å²) in [6.07, 6.45) is 3.99. The van der Waals surface area contributed by atoms with E-state index in [2.05, 4.69) is 22.3 Å². The fraction of sp³-hybridized carbons (Fsp3) is 0.500. The van der Waals surface area contributed by atoms with Gasteiger partial charge in [-0.05, 0) is 57.7 Å². The summed E-state index contributed by atoms with van der Waals surface area (Å²) in [6.45, 7) is 5.60. The van der Waals surface area contributed by atoms with Gasteiger partial charge in [0, 0.05) is 22.4 Å². The SMILES string of the molecule is CC(C)(C)OC(=O)CCc1c(N)n[nH]c1C1(c2ccc(Cl)cc2)CCC1. The molecule has 1 fully saturated rings. The van der Waals surface area contributed by atoms with Gasteiger partial charge in [-0.25, -0.2) is 0 Å². The van der Waals surface area contributed by atoms with Crippen molar-refractivity contribution in [1.82, 2.24) is 10.2 Å². The largest absolute Gasteiger partial charge is 0.460 e. The Morgan fingerprint density at radius 3 is 2.50 bits per heavy atom. The van der Waals surface area contributed by atoms with Gasteiger partial charge >= 0.3 is 5.97 Å². The van der Waals surface area contributed by atoms with Crippen LogP contribution in [0.4, 0.5) is 5.82 Å². The zero-order valence-electron chi connectivity index (χ0n) is 15.6. The summed E-state index contributed by atoms with van der Waals surface area (Å²) >= 11 is 6.05. The number of H-pyrrole nitrogens is 1. The molecular formula is C20H26ClN3O2. The Bertz CT molecular complexity index is 786. The van der Waals surface area contributed by atoms with E-state index in [1.165, 1.54) is 5.56 Å². The number of nitrogens with one attached hydrogen (secondary N) is 1. The molecule has 6 heteroatoms. The van der Waals surface area contributed by atoms with Crippen LogP contribution in [-0.2, 0) is 21.4 Å². The molecule has 0 spiro atoms. The van der Waals surface area contributed by atoms with E-state index in [9.17, 15) is 4.79 Å². The molecular weight excluding hydrogens is 350 g/mol. The van der Waals surface area contributed by atoms with Crippen LogP contribution >= 0.6 is 11.6 Å². The first-order chi connectivity index (χ1) is 12.2. The molecule has 1 aromatic carbocycles. The molecule has 1 aromatic heterocycles. The Balaban J connectivity index is 1.85. The summed E-state index contributed by atoms with van der Waals surface area (Å²) in [5, 5.41) is 8.10. The molecule has 1 saturated carbocycles. The first-order valence-electron chi connectivity index (χ1n) is 9.02. The van der Waals surface area contributed by atoms with E-state index >= 15 is 0 Å². The minimum absolute atomic E-state index is 0.127. The number of rotatable bonds is 5. The molecule has 0 saturated heterocycles. The van der Waals surface area contributed by atoms with Crippen molar-refractivity contribution in [3.05, 3.63) is 46.1 Å². The Kier molecular flexibility index (Phi) is 5.02. The third-order valence-corrected chi connectivity index (χ3v) is 5.23. The molecule has 0 radical (unpaired) electrons. The number of halogens is 1. The highest BCUT2D eigenvalue weighted by molar-refractivity contribution is 6.30. The summed E-state index contributed by atoms with van der Waals surface area (Å²) in [5.41, 5.74) is 8.65. The molecule has 0 unspecified atom stereocenters. The van der Waals surface area contributed by atoms with Crippen molar-refractivity contribution >= 4 is 23.4 Å². The number of ether oxygens (including phenoxy) is 1. The molecule has 1 aliphatic carbocycles. The number of hydrogen-bond acceptors (Lipinski definition) is 4. The fourth-order valence-electron chi connectivity index (χ4n) is 3.63. The highest BCUT2D eigenvalue weighted by atomic mass is 35.5. The van der Waals surface area contributed by atoms with Gasteiger partial charge in [-0.1, -0.05) is 30.2 Å². The van der Waals surface area contributed by atoms with E-state index < -0.39 is 5.60 Å². The Hall–Kier alpha value is -2.01. The number of nitrogen functional groups attached to an aromatic ring is 1. The Labute approximate surface area is 159 Å². The van der Waals surface area contributed by atoms with Gasteiger partial charge in [-0.2, -0.15) is 5.10 Å². The second-order valence-electron chi connectivity index (χ2n) is 7.99. The summed E-state index contributed by atoms with van der Waals surface area (Å²) in [7, 11) is 0. The highest BCUT2D eigenvalue weighted by Gasteiger charge is 2.43. The molecule has 0 bridgehead atoms. The molecule has 0 amide bonds. The van der Waals surface area contributed by atoms with Crippen molar-refractivity contribution in [2.24, 2.45) is 0 Å². The van der Waals surface area contributed by atoms with Crippen LogP contribution in [0.15, 0.2) is 24.3 Å². The van der Waals surface area contributed by atoms with Crippen molar-refractivity contribution in [3.63, 3.8) is 0 Å². The van der Waals surface area contributed by atoms with Crippen molar-refractivity contribution in [2.45, 2.75) is 63.9 Å². The number of carbonyl (C=O) groups is 1. The molecule has 1 aliphatic rings. The van der Waals surface area contributed by atoms with E-state index in [1.807, 2.05) is 32.9 Å². The zero-order chi connectivity index (χ0) is 18.9. The highest BCUT2D eigenvalue weighted by Crippen LogP contribution is 2.50. The minimum Gasteiger partial charge on any atom is -0.460 e. The lowest BCUT2D eigenvalue weighted by Crippen LogP contribution is -2.37. The van der Waals surface area contributed by atoms with Crippen LogP contribution in [0.5, 0.6) is 0 Å². The molecule has 3 rings (SSSR count). The molecule has 0 atom stereocenters. The molecule has 5 nitrogen and oxygen atoms in total. The normalized spacial score (nSPS) is 16.2. The van der Waals surface area contributed by atoms with Crippen molar-refractivity contribution in [2.75, 3.05) is 5.73 Å². The number of carbonyl (C=O) groups excluding carboxylic acids is 1. The number of benzene rings is 1. The summed E-state index contributed by atoms with van der Waals surface area (Å²) in [4.78, 5) is 12.1. The monoisotopic (exact) mass is 375 g/mol. The first kappa shape index (κ1) is 18.8. The maximum Gasteiger partial charge on any atom is 0.306 e. The van der Waals surface area contributed by atoms with E-state index in [4.69, 9.17) is 22.1 Å². The number of esters is 1. The van der Waals surface area contributed by atoms with Gasteiger partial charge in [0.2, 0.25) is 0 Å². The zero-order valence-corrected chi connectivity index (χ0v) is 16.3. The second kappa shape index (κ2) is 6.95. The molecule has 0 aliphatic heterocycles. The van der Waals surface area contributed by atoms with Crippen LogP contribution < -0.4 is 5.73 Å². The molecule has 2 aromatic rings. The Morgan fingerprint density at radius 1 is 1.31 bits per heavy atom. The topological polar surface area (TPSA) is 81.0 Å². The van der Waals surface area contributed by atoms with Gasteiger partial charge in [-0.3, -0.25) is 9.89 Å². The van der Waals surface area contributed by atoms with Gasteiger partial charge in [0.15, 0.2) is 0 Å². The van der Waals surface area contributed by atoms with Gasteiger partial charge in [0.1, 0.15) is 11.4 Å². The lowest BCUT2D eigenvalue weighted by molar-refractivity contribution is -0.154. The number of anilines is 1. The summed E-state index contributed by atoms with van der Waals surface area (Å²) in [5.74, 6) is 0.238. The standard InChI is InChI=1S/C20H26ClN3O2/c1-19(2,3)26-16(25)10-9-15-17(23-24-18(15)22)20(11-4-12-20)13-5-7-14(21)8-6-13/h5-8H,4,9-12H2,1-3H3,(H3,22,23,24). The summed E-state index contributed by atoms with van der Waals surface area (Å²) in [6, 6.07) is 7.96. The van der Waals surface area contributed by atoms with Crippen molar-refractivity contribution in [1.29, 1.82) is 0 Å². The summed E-state index contributed by atoms with van der Waals surface area (Å²) < 4.78 is 5.41. The van der Waals surface area contributed by atoms with Gasteiger partial charge in [0.05, 0.1) is 5.69 Å². The van der Waals surface area contributed by atoms with Crippen molar-refractivity contribution in [3.8, 4) is 0 Å². The number of hydrogen-bond donors (Lipinski definition) is 2. The van der Waals surface area contributed by atoms with Gasteiger partial charge in [0.25, 0.3) is 0 Å². The van der Waals surface area contributed by atoms with Gasteiger partial charge < -0.3 is 10.5 Å². The smallest absolute Gasteiger partial charge is 0.306 e. The van der Waals surface area contributed by atoms with Crippen LogP contribution in [0.3, 0.4) is 0 Å². The van der Waals surface area contributed by atoms with E-state index in [0.29, 0.717) is 12.2 Å². The number of nitrogens with zero attached hydrogens (tertiary/aromatic N) is 1. The molecule has 26 heavy (non-hydrogen) atoms. The number of aromatic nitrogens is 2. The van der Waals surface area contributed by atoms with E-state index in [0.717, 1.165) is 35.5 Å². The second-order valence-corrected chi connectivity index (χ2v) is 8.43. The maximum absolute atomic E-state index is 12.1. The first-order valence-corrected chi connectivity index (χ1v) is 9.40. The fourth-order valence-corrected chi connectivity index (χ4v) is 3.76. The van der Waals surface area contributed by atoms with Crippen LogP contribution in [0.2, 0.25) is 5.02 Å². The van der Waals surface area contributed by atoms with E-state index in [1.54, 1.807) is 0 Å². The third-order valence-electron chi connectivity index (χ3n) is 4.98. The molecule has 140 valence electrons. The predicted octanol–water partition coefficient (Wildman–Crippen LogP) is 4.39. The average molecular weight is 376 g/mol. The number of aromatic amines is 1. The predicted molar refractivity (Wildman–Crippen MR) is 103 cm³/mol. The molecule has 1 heterocycles. The van der Waals surface area contributed by atoms with Crippen LogP contribution in [0, 0.1) is 0 Å². The number of nitrogens with two attached hydrogens (primary N) is 1.